The molecule has 5 rings (SSSR count). The summed E-state index contributed by atoms with van der Waals surface area (Å²) >= 11 is 6.36. The van der Waals surface area contributed by atoms with Gasteiger partial charge in [0.2, 0.25) is 5.91 Å². The Morgan fingerprint density at radius 2 is 2.04 bits per heavy atom. The highest BCUT2D eigenvalue weighted by atomic mass is 35.5. The van der Waals surface area contributed by atoms with Gasteiger partial charge in [0.1, 0.15) is 23.5 Å². The number of anilines is 1. The fourth-order valence-corrected chi connectivity index (χ4v) is 4.33. The van der Waals surface area contributed by atoms with Crippen LogP contribution in [0, 0.1) is 0 Å². The number of likely N-dealkylation sites (N-methyl/N-ethyl adjacent to an activating group) is 1. The van der Waals surface area contributed by atoms with Crippen LogP contribution in [-0.4, -0.2) is 26.2 Å². The first-order chi connectivity index (χ1) is 11.1. The van der Waals surface area contributed by atoms with E-state index in [0.29, 0.717) is 18.2 Å². The second-order valence-electron chi connectivity index (χ2n) is 6.25. The number of ether oxygens (including phenoxy) is 2. The quantitative estimate of drug-likeness (QED) is 0.747. The molecule has 3 heterocycles. The fourth-order valence-electron chi connectivity index (χ4n) is 4.03. The molecule has 5 heteroatoms. The average Bonchev–Trinajstić information content (AvgIpc) is 3.20. The van der Waals surface area contributed by atoms with Gasteiger partial charge in [0.25, 0.3) is 0 Å². The molecule has 0 aliphatic carbocycles. The number of carbonyl (C=O) groups excluding carboxylic acids is 1. The average molecular weight is 328 g/mol. The highest BCUT2D eigenvalue weighted by Gasteiger charge is 2.56. The molecule has 0 saturated carbocycles. The lowest BCUT2D eigenvalue weighted by Gasteiger charge is -2.21. The summed E-state index contributed by atoms with van der Waals surface area (Å²) in [4.78, 5) is 14.8. The Kier molecular flexibility index (Phi) is 2.42. The van der Waals surface area contributed by atoms with Crippen molar-refractivity contribution in [2.45, 2.75) is 11.8 Å². The van der Waals surface area contributed by atoms with Gasteiger partial charge in [-0.25, -0.2) is 0 Å². The molecular formula is C18H14ClNO3. The number of hydrogen-bond donors (Lipinski definition) is 0. The maximum Gasteiger partial charge on any atom is 0.245 e. The van der Waals surface area contributed by atoms with Gasteiger partial charge in [-0.3, -0.25) is 4.79 Å². The molecule has 3 aliphatic heterocycles. The largest absolute Gasteiger partial charge is 0.493 e. The highest BCUT2D eigenvalue weighted by molar-refractivity contribution is 6.35. The third kappa shape index (κ3) is 1.45. The summed E-state index contributed by atoms with van der Waals surface area (Å²) in [6, 6.07) is 9.68. The van der Waals surface area contributed by atoms with Crippen LogP contribution in [0.25, 0.3) is 0 Å². The van der Waals surface area contributed by atoms with Crippen molar-refractivity contribution < 1.29 is 14.3 Å². The first-order valence-electron chi connectivity index (χ1n) is 7.63. The predicted molar refractivity (Wildman–Crippen MR) is 86.8 cm³/mol. The maximum absolute atomic E-state index is 13.2. The lowest BCUT2D eigenvalue weighted by Crippen LogP contribution is -2.41. The summed E-state index contributed by atoms with van der Waals surface area (Å²) in [6.07, 6.45) is 0.866. The van der Waals surface area contributed by atoms with E-state index >= 15 is 0 Å². The zero-order valence-corrected chi connectivity index (χ0v) is 13.3. The molecule has 2 aromatic carbocycles. The van der Waals surface area contributed by atoms with Crippen LogP contribution in [0.2, 0.25) is 5.02 Å². The van der Waals surface area contributed by atoms with Gasteiger partial charge in [-0.05, 0) is 17.7 Å². The fraction of sp³-hybridized carbons (Fsp3) is 0.278. The molecule has 1 atom stereocenters. The van der Waals surface area contributed by atoms with Gasteiger partial charge in [-0.1, -0.05) is 23.7 Å². The molecule has 0 radical (unpaired) electrons. The highest BCUT2D eigenvalue weighted by Crippen LogP contribution is 2.54. The molecular weight excluding hydrogens is 314 g/mol. The molecule has 0 fully saturated rings. The lowest BCUT2D eigenvalue weighted by atomic mass is 9.76. The SMILES string of the molecule is CN1C(=O)C2(COc3cc4c(cc32)CCO4)c2cccc(Cl)c21. The van der Waals surface area contributed by atoms with Crippen molar-refractivity contribution in [3.8, 4) is 11.5 Å². The Bertz CT molecular complexity index is 879. The number of nitrogens with zero attached hydrogens (tertiary/aromatic N) is 1. The number of carbonyl (C=O) groups is 1. The number of rotatable bonds is 0. The molecule has 4 nitrogen and oxygen atoms in total. The minimum atomic E-state index is -0.790. The van der Waals surface area contributed by atoms with E-state index < -0.39 is 5.41 Å². The van der Waals surface area contributed by atoms with Crippen molar-refractivity contribution in [1.82, 2.24) is 0 Å². The van der Waals surface area contributed by atoms with Crippen LogP contribution in [0.4, 0.5) is 5.69 Å². The van der Waals surface area contributed by atoms with Gasteiger partial charge in [-0.15, -0.1) is 0 Å². The maximum atomic E-state index is 13.2. The standard InChI is InChI=1S/C18H14ClNO3/c1-20-16-11(3-2-4-13(16)19)18(17(20)21)9-23-15-8-14-10(5-6-22-14)7-12(15)18/h2-4,7-8H,5-6,9H2,1H3. The molecule has 0 N–H and O–H groups in total. The Hall–Kier alpha value is -2.20. The molecule has 0 aromatic heterocycles. The first kappa shape index (κ1) is 13.3. The molecule has 2 aromatic rings. The van der Waals surface area contributed by atoms with Crippen molar-refractivity contribution in [3.05, 3.63) is 52.0 Å². The van der Waals surface area contributed by atoms with Crippen molar-refractivity contribution in [1.29, 1.82) is 0 Å². The summed E-state index contributed by atoms with van der Waals surface area (Å²) < 4.78 is 11.5. The van der Waals surface area contributed by atoms with Crippen molar-refractivity contribution in [2.75, 3.05) is 25.2 Å². The summed E-state index contributed by atoms with van der Waals surface area (Å²) in [5.74, 6) is 1.62. The molecule has 1 amide bonds. The minimum Gasteiger partial charge on any atom is -0.493 e. The van der Waals surface area contributed by atoms with E-state index in [4.69, 9.17) is 21.1 Å². The van der Waals surface area contributed by atoms with Crippen LogP contribution in [0.15, 0.2) is 30.3 Å². The summed E-state index contributed by atoms with van der Waals surface area (Å²) in [6.45, 7) is 0.989. The zero-order chi connectivity index (χ0) is 15.8. The third-order valence-electron chi connectivity index (χ3n) is 5.15. The van der Waals surface area contributed by atoms with Crippen molar-refractivity contribution in [2.24, 2.45) is 0 Å². The Labute approximate surface area is 138 Å². The molecule has 3 aliphatic rings. The van der Waals surface area contributed by atoms with Crippen molar-refractivity contribution in [3.63, 3.8) is 0 Å². The van der Waals surface area contributed by atoms with E-state index in [2.05, 4.69) is 6.07 Å². The third-order valence-corrected chi connectivity index (χ3v) is 5.45. The molecule has 1 unspecified atom stereocenters. The van der Waals surface area contributed by atoms with Crippen LogP contribution in [0.3, 0.4) is 0 Å². The Morgan fingerprint density at radius 1 is 1.17 bits per heavy atom. The van der Waals surface area contributed by atoms with E-state index in [1.54, 1.807) is 11.9 Å². The number of halogens is 1. The van der Waals surface area contributed by atoms with E-state index in [9.17, 15) is 4.79 Å². The lowest BCUT2D eigenvalue weighted by molar-refractivity contribution is -0.121. The number of fused-ring (bicyclic) bond motifs is 5. The number of amides is 1. The summed E-state index contributed by atoms with van der Waals surface area (Å²) in [5.41, 5.74) is 2.99. The van der Waals surface area contributed by atoms with E-state index in [-0.39, 0.29) is 5.91 Å². The minimum absolute atomic E-state index is 0.0122. The predicted octanol–water partition coefficient (Wildman–Crippen LogP) is 2.93. The van der Waals surface area contributed by atoms with Gasteiger partial charge in [0.15, 0.2) is 0 Å². The molecule has 116 valence electrons. The van der Waals surface area contributed by atoms with E-state index in [0.717, 1.165) is 40.3 Å². The van der Waals surface area contributed by atoms with Crippen LogP contribution in [0.5, 0.6) is 11.5 Å². The number of benzene rings is 2. The molecule has 0 saturated heterocycles. The molecule has 23 heavy (non-hydrogen) atoms. The van der Waals surface area contributed by atoms with Crippen LogP contribution >= 0.6 is 11.6 Å². The van der Waals surface area contributed by atoms with Crippen LogP contribution in [-0.2, 0) is 16.6 Å². The zero-order valence-electron chi connectivity index (χ0n) is 12.6. The van der Waals surface area contributed by atoms with Crippen LogP contribution in [0.1, 0.15) is 16.7 Å². The number of hydrogen-bond acceptors (Lipinski definition) is 3. The summed E-state index contributed by atoms with van der Waals surface area (Å²) in [5, 5.41) is 0.591. The van der Waals surface area contributed by atoms with Gasteiger partial charge in [0.05, 0.1) is 17.3 Å². The van der Waals surface area contributed by atoms with Gasteiger partial charge < -0.3 is 14.4 Å². The first-order valence-corrected chi connectivity index (χ1v) is 8.01. The van der Waals surface area contributed by atoms with Crippen LogP contribution < -0.4 is 14.4 Å². The Balaban J connectivity index is 1.81. The smallest absolute Gasteiger partial charge is 0.245 e. The van der Waals surface area contributed by atoms with Crippen molar-refractivity contribution >= 4 is 23.2 Å². The van der Waals surface area contributed by atoms with Gasteiger partial charge >= 0.3 is 0 Å². The topological polar surface area (TPSA) is 38.8 Å². The molecule has 1 spiro atoms. The van der Waals surface area contributed by atoms with Gasteiger partial charge in [0, 0.05) is 30.7 Å². The second kappa shape index (κ2) is 4.20. The Morgan fingerprint density at radius 3 is 2.91 bits per heavy atom. The van der Waals surface area contributed by atoms with Gasteiger partial charge in [-0.2, -0.15) is 0 Å². The monoisotopic (exact) mass is 327 g/mol. The second-order valence-corrected chi connectivity index (χ2v) is 6.66. The summed E-state index contributed by atoms with van der Waals surface area (Å²) in [7, 11) is 1.77. The normalized spacial score (nSPS) is 23.6. The van der Waals surface area contributed by atoms with E-state index in [1.807, 2.05) is 24.3 Å². The number of para-hydroxylation sites is 1. The van der Waals surface area contributed by atoms with E-state index in [1.165, 1.54) is 0 Å². The molecule has 0 bridgehead atoms.